The van der Waals surface area contributed by atoms with Crippen molar-refractivity contribution in [2.24, 2.45) is 0 Å². The summed E-state index contributed by atoms with van der Waals surface area (Å²) in [7, 11) is -3.60. The zero-order valence-corrected chi connectivity index (χ0v) is 18.2. The molecule has 2 aliphatic heterocycles. The summed E-state index contributed by atoms with van der Waals surface area (Å²) in [5.41, 5.74) is 2.39. The van der Waals surface area contributed by atoms with E-state index >= 15 is 0 Å². The van der Waals surface area contributed by atoms with Crippen LogP contribution in [0.4, 0.5) is 11.5 Å². The molecule has 1 fully saturated rings. The highest BCUT2D eigenvalue weighted by atomic mass is 32.2. The van der Waals surface area contributed by atoms with Crippen molar-refractivity contribution >= 4 is 33.1 Å². The third-order valence-corrected chi connectivity index (χ3v) is 7.83. The molecule has 0 unspecified atom stereocenters. The van der Waals surface area contributed by atoms with Gasteiger partial charge in [0.1, 0.15) is 5.82 Å². The standard InChI is InChI=1S/C20H23N7O3S/c1-14-21-22-19-5-6-20(23-27(14)19)24-9-11-25(12-10-24)31(29,30)17-3-4-18-16(13-17)7-8-26(18)15(2)28/h3-6,13H,7-12H2,1-2H3. The first-order valence-corrected chi connectivity index (χ1v) is 11.6. The van der Waals surface area contributed by atoms with Gasteiger partial charge in [0.15, 0.2) is 11.5 Å². The van der Waals surface area contributed by atoms with Gasteiger partial charge in [-0.2, -0.15) is 8.82 Å². The van der Waals surface area contributed by atoms with Crippen LogP contribution in [0.15, 0.2) is 35.2 Å². The summed E-state index contributed by atoms with van der Waals surface area (Å²) >= 11 is 0. The summed E-state index contributed by atoms with van der Waals surface area (Å²) in [6.07, 6.45) is 0.669. The van der Waals surface area contributed by atoms with Gasteiger partial charge in [0, 0.05) is 45.3 Å². The molecule has 0 atom stereocenters. The molecule has 31 heavy (non-hydrogen) atoms. The fourth-order valence-corrected chi connectivity index (χ4v) is 5.70. The van der Waals surface area contributed by atoms with Crippen molar-refractivity contribution in [2.45, 2.75) is 25.2 Å². The Hall–Kier alpha value is -3.05. The number of benzene rings is 1. The molecule has 0 bridgehead atoms. The summed E-state index contributed by atoms with van der Waals surface area (Å²) in [4.78, 5) is 15.8. The van der Waals surface area contributed by atoms with Crippen molar-refractivity contribution in [1.82, 2.24) is 24.1 Å². The van der Waals surface area contributed by atoms with Crippen LogP contribution in [0.1, 0.15) is 18.3 Å². The minimum absolute atomic E-state index is 0.0288. The molecule has 3 aromatic rings. The lowest BCUT2D eigenvalue weighted by atomic mass is 10.2. The van der Waals surface area contributed by atoms with E-state index in [0.717, 1.165) is 17.1 Å². The summed E-state index contributed by atoms with van der Waals surface area (Å²) in [6, 6.07) is 8.80. The normalized spacial score (nSPS) is 17.4. The number of amides is 1. The van der Waals surface area contributed by atoms with Crippen molar-refractivity contribution < 1.29 is 13.2 Å². The van der Waals surface area contributed by atoms with Crippen molar-refractivity contribution in [1.29, 1.82) is 0 Å². The summed E-state index contributed by atoms with van der Waals surface area (Å²) < 4.78 is 29.6. The maximum absolute atomic E-state index is 13.2. The molecule has 2 aromatic heterocycles. The number of carbonyl (C=O) groups is 1. The van der Waals surface area contributed by atoms with Gasteiger partial charge in [-0.05, 0) is 49.2 Å². The van der Waals surface area contributed by atoms with Gasteiger partial charge in [0.2, 0.25) is 15.9 Å². The van der Waals surface area contributed by atoms with Gasteiger partial charge in [0.05, 0.1) is 4.90 Å². The smallest absolute Gasteiger partial charge is 0.243 e. The third kappa shape index (κ3) is 3.33. The van der Waals surface area contributed by atoms with Gasteiger partial charge < -0.3 is 9.80 Å². The van der Waals surface area contributed by atoms with Crippen molar-refractivity contribution in [3.8, 4) is 0 Å². The number of carbonyl (C=O) groups excluding carboxylic acids is 1. The van der Waals surface area contributed by atoms with Crippen LogP contribution in [0, 0.1) is 6.92 Å². The lowest BCUT2D eigenvalue weighted by Gasteiger charge is -2.34. The summed E-state index contributed by atoms with van der Waals surface area (Å²) in [5.74, 6) is 1.45. The Labute approximate surface area is 180 Å². The van der Waals surface area contributed by atoms with Crippen molar-refractivity contribution in [3.05, 3.63) is 41.7 Å². The molecule has 4 heterocycles. The van der Waals surface area contributed by atoms with Crippen LogP contribution in [0.5, 0.6) is 0 Å². The predicted octanol–water partition coefficient (Wildman–Crippen LogP) is 0.853. The number of anilines is 2. The van der Waals surface area contributed by atoms with Gasteiger partial charge in [0.25, 0.3) is 0 Å². The number of fused-ring (bicyclic) bond motifs is 2. The Morgan fingerprint density at radius 2 is 1.77 bits per heavy atom. The minimum Gasteiger partial charge on any atom is -0.353 e. The molecule has 0 N–H and O–H groups in total. The summed E-state index contributed by atoms with van der Waals surface area (Å²) in [5, 5.41) is 12.6. The second-order valence-corrected chi connectivity index (χ2v) is 9.75. The van der Waals surface area contributed by atoms with E-state index in [4.69, 9.17) is 0 Å². The first-order chi connectivity index (χ1) is 14.8. The van der Waals surface area contributed by atoms with Gasteiger partial charge in [-0.1, -0.05) is 0 Å². The Balaban J connectivity index is 1.33. The van der Waals surface area contributed by atoms with E-state index in [2.05, 4.69) is 20.2 Å². The van der Waals surface area contributed by atoms with E-state index < -0.39 is 10.0 Å². The second-order valence-electron chi connectivity index (χ2n) is 7.81. The largest absolute Gasteiger partial charge is 0.353 e. The molecule has 1 amide bonds. The van der Waals surface area contributed by atoms with Crippen LogP contribution in [-0.4, -0.2) is 71.2 Å². The number of nitrogens with zero attached hydrogens (tertiary/aromatic N) is 7. The van der Waals surface area contributed by atoms with E-state index in [0.29, 0.717) is 50.6 Å². The molecule has 0 spiro atoms. The number of rotatable bonds is 3. The highest BCUT2D eigenvalue weighted by molar-refractivity contribution is 7.89. The molecule has 11 heteroatoms. The number of hydrogen-bond acceptors (Lipinski definition) is 7. The summed E-state index contributed by atoms with van der Waals surface area (Å²) in [6.45, 7) is 5.80. The monoisotopic (exact) mass is 441 g/mol. The SMILES string of the molecule is CC(=O)N1CCc2cc(S(=O)(=O)N3CCN(c4ccc5nnc(C)n5n4)CC3)ccc21. The maximum Gasteiger partial charge on any atom is 0.243 e. The quantitative estimate of drug-likeness (QED) is 0.594. The van der Waals surface area contributed by atoms with Crippen LogP contribution >= 0.6 is 0 Å². The number of hydrogen-bond donors (Lipinski definition) is 0. The van der Waals surface area contributed by atoms with E-state index in [-0.39, 0.29) is 10.8 Å². The lowest BCUT2D eigenvalue weighted by molar-refractivity contribution is -0.116. The van der Waals surface area contributed by atoms with Gasteiger partial charge in [-0.25, -0.2) is 8.42 Å². The molecular weight excluding hydrogens is 418 g/mol. The Morgan fingerprint density at radius 1 is 1.00 bits per heavy atom. The number of aryl methyl sites for hydroxylation is 1. The van der Waals surface area contributed by atoms with Crippen LogP contribution < -0.4 is 9.80 Å². The zero-order chi connectivity index (χ0) is 21.8. The third-order valence-electron chi connectivity index (χ3n) is 5.93. The highest BCUT2D eigenvalue weighted by Crippen LogP contribution is 2.31. The first-order valence-electron chi connectivity index (χ1n) is 10.2. The Morgan fingerprint density at radius 3 is 2.52 bits per heavy atom. The molecule has 1 aromatic carbocycles. The first kappa shape index (κ1) is 19.9. The van der Waals surface area contributed by atoms with Crippen LogP contribution in [-0.2, 0) is 21.2 Å². The van der Waals surface area contributed by atoms with Crippen molar-refractivity contribution in [2.75, 3.05) is 42.5 Å². The average molecular weight is 442 g/mol. The van der Waals surface area contributed by atoms with Crippen LogP contribution in [0.2, 0.25) is 0 Å². The average Bonchev–Trinajstić information content (AvgIpc) is 3.37. The topological polar surface area (TPSA) is 104 Å². The van der Waals surface area contributed by atoms with Gasteiger partial charge in [-0.3, -0.25) is 4.79 Å². The Bertz CT molecular complexity index is 1280. The van der Waals surface area contributed by atoms with E-state index in [1.807, 2.05) is 19.1 Å². The predicted molar refractivity (Wildman–Crippen MR) is 115 cm³/mol. The maximum atomic E-state index is 13.2. The molecule has 1 saturated heterocycles. The van der Waals surface area contributed by atoms with Gasteiger partial charge in [-0.15, -0.1) is 15.3 Å². The Kier molecular flexibility index (Phi) is 4.67. The second kappa shape index (κ2) is 7.27. The molecule has 10 nitrogen and oxygen atoms in total. The molecule has 0 saturated carbocycles. The van der Waals surface area contributed by atoms with E-state index in [9.17, 15) is 13.2 Å². The fourth-order valence-electron chi connectivity index (χ4n) is 4.23. The van der Waals surface area contributed by atoms with E-state index in [1.54, 1.807) is 27.6 Å². The minimum atomic E-state index is -3.60. The molecule has 0 aliphatic carbocycles. The fraction of sp³-hybridized carbons (Fsp3) is 0.400. The lowest BCUT2D eigenvalue weighted by Crippen LogP contribution is -2.49. The van der Waals surface area contributed by atoms with Gasteiger partial charge >= 0.3 is 0 Å². The highest BCUT2D eigenvalue weighted by Gasteiger charge is 2.31. The van der Waals surface area contributed by atoms with Crippen LogP contribution in [0.3, 0.4) is 0 Å². The molecule has 162 valence electrons. The van der Waals surface area contributed by atoms with Crippen molar-refractivity contribution in [3.63, 3.8) is 0 Å². The zero-order valence-electron chi connectivity index (χ0n) is 17.4. The van der Waals surface area contributed by atoms with E-state index in [1.165, 1.54) is 11.2 Å². The number of piperazine rings is 1. The number of sulfonamides is 1. The van der Waals surface area contributed by atoms with Crippen LogP contribution in [0.25, 0.3) is 5.65 Å². The molecule has 0 radical (unpaired) electrons. The molecule has 5 rings (SSSR count). The molecular formula is C20H23N7O3S. The molecule has 2 aliphatic rings. The number of aromatic nitrogens is 4.